The highest BCUT2D eigenvalue weighted by molar-refractivity contribution is 6.33. The third-order valence-corrected chi connectivity index (χ3v) is 4.05. The molecule has 0 bridgehead atoms. The Morgan fingerprint density at radius 3 is 2.76 bits per heavy atom. The number of rotatable bonds is 4. The lowest BCUT2D eigenvalue weighted by Crippen LogP contribution is -2.36. The molecule has 1 fully saturated rings. The fraction of sp³-hybridized carbons (Fsp3) is 0.538. The summed E-state index contributed by atoms with van der Waals surface area (Å²) in [6, 6.07) is 1.82. The van der Waals surface area contributed by atoms with Crippen molar-refractivity contribution in [1.29, 1.82) is 0 Å². The molecule has 21 heavy (non-hydrogen) atoms. The highest BCUT2D eigenvalue weighted by Gasteiger charge is 2.46. The van der Waals surface area contributed by atoms with Gasteiger partial charge in [0.2, 0.25) is 0 Å². The van der Waals surface area contributed by atoms with Gasteiger partial charge in [-0.15, -0.1) is 0 Å². The zero-order valence-electron chi connectivity index (χ0n) is 11.6. The van der Waals surface area contributed by atoms with Crippen molar-refractivity contribution in [2.45, 2.75) is 24.5 Å². The molecule has 1 aliphatic heterocycles. The summed E-state index contributed by atoms with van der Waals surface area (Å²) in [5, 5.41) is 10.6. The number of halogens is 1. The number of ether oxygens (including phenoxy) is 3. The Morgan fingerprint density at radius 2 is 2.10 bits per heavy atom. The third-order valence-electron chi connectivity index (χ3n) is 3.74. The molecule has 0 aromatic carbocycles. The zero-order chi connectivity index (χ0) is 15.0. The van der Waals surface area contributed by atoms with Crippen LogP contribution >= 0.6 is 11.6 Å². The maximum Gasteiger partial charge on any atom is 0.164 e. The molecule has 3 rings (SSSR count). The Bertz CT molecular complexity index is 635. The largest absolute Gasteiger partial charge is 0.394 e. The van der Waals surface area contributed by atoms with Gasteiger partial charge in [0.1, 0.15) is 35.4 Å². The summed E-state index contributed by atoms with van der Waals surface area (Å²) in [6.07, 6.45) is 1.57. The topological polar surface area (TPSA) is 78.6 Å². The van der Waals surface area contributed by atoms with Gasteiger partial charge in [0.15, 0.2) is 6.23 Å². The molecular formula is C13H16ClN3O4. The van der Waals surface area contributed by atoms with Crippen molar-refractivity contribution in [1.82, 2.24) is 14.5 Å². The van der Waals surface area contributed by atoms with E-state index in [1.165, 1.54) is 6.33 Å². The van der Waals surface area contributed by atoms with Gasteiger partial charge < -0.3 is 23.9 Å². The minimum atomic E-state index is -0.459. The van der Waals surface area contributed by atoms with E-state index in [2.05, 4.69) is 9.97 Å². The second kappa shape index (κ2) is 5.86. The Morgan fingerprint density at radius 1 is 1.33 bits per heavy atom. The minimum Gasteiger partial charge on any atom is -0.394 e. The van der Waals surface area contributed by atoms with Crippen LogP contribution < -0.4 is 0 Å². The van der Waals surface area contributed by atoms with Crippen LogP contribution in [0.15, 0.2) is 18.6 Å². The quantitative estimate of drug-likeness (QED) is 0.849. The van der Waals surface area contributed by atoms with Crippen LogP contribution in [0.1, 0.15) is 6.23 Å². The first-order valence-corrected chi connectivity index (χ1v) is 6.88. The molecule has 7 nitrogen and oxygen atoms in total. The van der Waals surface area contributed by atoms with Crippen molar-refractivity contribution < 1.29 is 19.3 Å². The Kier molecular flexibility index (Phi) is 4.10. The first-order valence-electron chi connectivity index (χ1n) is 6.50. The fourth-order valence-electron chi connectivity index (χ4n) is 2.76. The predicted molar refractivity (Wildman–Crippen MR) is 75.1 cm³/mol. The van der Waals surface area contributed by atoms with Crippen molar-refractivity contribution in [3.05, 3.63) is 23.7 Å². The average molecular weight is 314 g/mol. The van der Waals surface area contributed by atoms with Crippen molar-refractivity contribution in [3.8, 4) is 0 Å². The van der Waals surface area contributed by atoms with Crippen LogP contribution in [-0.2, 0) is 14.2 Å². The molecule has 1 saturated heterocycles. The van der Waals surface area contributed by atoms with E-state index in [0.717, 1.165) is 5.39 Å². The number of aliphatic hydroxyl groups is 1. The van der Waals surface area contributed by atoms with Gasteiger partial charge in [0.25, 0.3) is 0 Å². The van der Waals surface area contributed by atoms with Gasteiger partial charge in [-0.05, 0) is 6.07 Å². The van der Waals surface area contributed by atoms with Crippen LogP contribution in [0.25, 0.3) is 11.0 Å². The molecule has 2 aromatic rings. The number of aliphatic hydroxyl groups excluding tert-OH is 1. The molecular weight excluding hydrogens is 298 g/mol. The van der Waals surface area contributed by atoms with Crippen LogP contribution in [0, 0.1) is 0 Å². The SMILES string of the molecule is CO[C@@H]1[C@H](OC)[C@@H](CO)O[C@H]1n1ccc2c(Cl)ncnc21. The van der Waals surface area contributed by atoms with E-state index in [4.69, 9.17) is 25.8 Å². The summed E-state index contributed by atoms with van der Waals surface area (Å²) in [5.41, 5.74) is 0.649. The number of hydrogen-bond donors (Lipinski definition) is 1. The summed E-state index contributed by atoms with van der Waals surface area (Å²) >= 11 is 6.06. The number of methoxy groups -OCH3 is 2. The fourth-order valence-corrected chi connectivity index (χ4v) is 2.95. The average Bonchev–Trinajstić information content (AvgIpc) is 3.07. The molecule has 0 saturated carbocycles. The second-order valence-electron chi connectivity index (χ2n) is 4.77. The van der Waals surface area contributed by atoms with E-state index >= 15 is 0 Å². The van der Waals surface area contributed by atoms with E-state index in [1.807, 2.05) is 16.8 Å². The maximum absolute atomic E-state index is 9.44. The standard InChI is InChI=1S/C13H16ClN3O4/c1-19-9-8(5-18)21-13(10(9)20-2)17-4-3-7-11(14)15-6-16-12(7)17/h3-4,6,8-10,13,18H,5H2,1-2H3/t8-,9-,10-,13-/m1/s1. The van der Waals surface area contributed by atoms with E-state index in [9.17, 15) is 5.11 Å². The van der Waals surface area contributed by atoms with Crippen LogP contribution in [0.5, 0.6) is 0 Å². The summed E-state index contributed by atoms with van der Waals surface area (Å²) < 4.78 is 18.6. The third kappa shape index (κ3) is 2.31. The minimum absolute atomic E-state index is 0.149. The Labute approximate surface area is 126 Å². The lowest BCUT2D eigenvalue weighted by molar-refractivity contribution is -0.0580. The Hall–Kier alpha value is -1.25. The predicted octanol–water partition coefficient (Wildman–Crippen LogP) is 1.00. The van der Waals surface area contributed by atoms with E-state index in [-0.39, 0.29) is 18.8 Å². The van der Waals surface area contributed by atoms with Gasteiger partial charge in [-0.2, -0.15) is 0 Å². The molecule has 0 amide bonds. The lowest BCUT2D eigenvalue weighted by Gasteiger charge is -2.22. The number of nitrogens with zero attached hydrogens (tertiary/aromatic N) is 3. The lowest BCUT2D eigenvalue weighted by atomic mass is 10.1. The molecule has 0 spiro atoms. The maximum atomic E-state index is 9.44. The summed E-state index contributed by atoms with van der Waals surface area (Å²) in [4.78, 5) is 8.20. The summed E-state index contributed by atoms with van der Waals surface area (Å²) in [6.45, 7) is -0.149. The number of aromatic nitrogens is 3. The van der Waals surface area contributed by atoms with Gasteiger partial charge in [0, 0.05) is 20.4 Å². The van der Waals surface area contributed by atoms with Gasteiger partial charge in [0.05, 0.1) is 12.0 Å². The first-order chi connectivity index (χ1) is 10.2. The van der Waals surface area contributed by atoms with Crippen LogP contribution in [-0.4, -0.2) is 58.8 Å². The molecule has 1 N–H and O–H groups in total. The van der Waals surface area contributed by atoms with Crippen molar-refractivity contribution in [3.63, 3.8) is 0 Å². The normalized spacial score (nSPS) is 29.3. The molecule has 4 atom stereocenters. The number of fused-ring (bicyclic) bond motifs is 1. The summed E-state index contributed by atoms with van der Waals surface area (Å²) in [7, 11) is 3.15. The van der Waals surface area contributed by atoms with E-state index in [0.29, 0.717) is 10.8 Å². The van der Waals surface area contributed by atoms with Crippen LogP contribution in [0.3, 0.4) is 0 Å². The van der Waals surface area contributed by atoms with Crippen molar-refractivity contribution in [2.75, 3.05) is 20.8 Å². The highest BCUT2D eigenvalue weighted by Crippen LogP contribution is 2.35. The molecule has 0 aliphatic carbocycles. The first kappa shape index (κ1) is 14.7. The van der Waals surface area contributed by atoms with Gasteiger partial charge in [-0.25, -0.2) is 9.97 Å². The van der Waals surface area contributed by atoms with E-state index in [1.54, 1.807) is 14.2 Å². The molecule has 0 unspecified atom stereocenters. The molecule has 3 heterocycles. The second-order valence-corrected chi connectivity index (χ2v) is 5.13. The zero-order valence-corrected chi connectivity index (χ0v) is 12.4. The van der Waals surface area contributed by atoms with Gasteiger partial charge >= 0.3 is 0 Å². The molecule has 0 radical (unpaired) electrons. The van der Waals surface area contributed by atoms with Gasteiger partial charge in [-0.1, -0.05) is 11.6 Å². The molecule has 8 heteroatoms. The summed E-state index contributed by atoms with van der Waals surface area (Å²) in [5.74, 6) is 0. The van der Waals surface area contributed by atoms with Crippen LogP contribution in [0.2, 0.25) is 5.15 Å². The highest BCUT2D eigenvalue weighted by atomic mass is 35.5. The smallest absolute Gasteiger partial charge is 0.164 e. The van der Waals surface area contributed by atoms with E-state index < -0.39 is 12.3 Å². The monoisotopic (exact) mass is 313 g/mol. The van der Waals surface area contributed by atoms with Crippen LogP contribution in [0.4, 0.5) is 0 Å². The molecule has 1 aliphatic rings. The molecule has 2 aromatic heterocycles. The van der Waals surface area contributed by atoms with Gasteiger partial charge in [-0.3, -0.25) is 0 Å². The molecule has 114 valence electrons. The number of hydrogen-bond acceptors (Lipinski definition) is 6. The van der Waals surface area contributed by atoms with Crippen molar-refractivity contribution >= 4 is 22.6 Å². The Balaban J connectivity index is 2.03. The van der Waals surface area contributed by atoms with Crippen molar-refractivity contribution in [2.24, 2.45) is 0 Å².